The number of aromatic hydroxyl groups is 1. The molecule has 3 heteroatoms. The van der Waals surface area contributed by atoms with Crippen molar-refractivity contribution in [1.82, 2.24) is 5.32 Å². The van der Waals surface area contributed by atoms with Gasteiger partial charge in [0.2, 0.25) is 0 Å². The third kappa shape index (κ3) is 2.40. The number of phenolic OH excluding ortho intramolecular Hbond substituents is 1. The van der Waals surface area contributed by atoms with E-state index in [2.05, 4.69) is 5.32 Å². The highest BCUT2D eigenvalue weighted by Crippen LogP contribution is 2.20. The molecule has 0 aliphatic rings. The zero-order valence-electron chi connectivity index (χ0n) is 6.97. The molecule has 1 rings (SSSR count). The molecule has 0 radical (unpaired) electrons. The van der Waals surface area contributed by atoms with Gasteiger partial charge >= 0.3 is 0 Å². The first-order chi connectivity index (χ1) is 5.74. The van der Waals surface area contributed by atoms with Gasteiger partial charge in [0, 0.05) is 17.1 Å². The van der Waals surface area contributed by atoms with Crippen molar-refractivity contribution in [3.63, 3.8) is 0 Å². The van der Waals surface area contributed by atoms with Crippen molar-refractivity contribution in [3.05, 3.63) is 28.8 Å². The minimum atomic E-state index is 0.292. The van der Waals surface area contributed by atoms with E-state index in [0.717, 1.165) is 12.1 Å². The second-order valence-electron chi connectivity index (χ2n) is 2.55. The first-order valence-electron chi connectivity index (χ1n) is 3.92. The van der Waals surface area contributed by atoms with E-state index in [0.29, 0.717) is 17.3 Å². The van der Waals surface area contributed by atoms with Gasteiger partial charge in [0.1, 0.15) is 5.75 Å². The van der Waals surface area contributed by atoms with Crippen LogP contribution in [0.3, 0.4) is 0 Å². The van der Waals surface area contributed by atoms with Crippen LogP contribution in [0.5, 0.6) is 5.75 Å². The molecule has 0 unspecified atom stereocenters. The highest BCUT2D eigenvalue weighted by molar-refractivity contribution is 6.30. The minimum Gasteiger partial charge on any atom is -0.508 e. The molecule has 12 heavy (non-hydrogen) atoms. The first kappa shape index (κ1) is 9.36. The quantitative estimate of drug-likeness (QED) is 0.757. The van der Waals surface area contributed by atoms with Crippen molar-refractivity contribution < 1.29 is 5.11 Å². The summed E-state index contributed by atoms with van der Waals surface area (Å²) >= 11 is 5.76. The Bertz CT molecular complexity index is 263. The lowest BCUT2D eigenvalue weighted by Gasteiger charge is -2.04. The normalized spacial score (nSPS) is 10.2. The summed E-state index contributed by atoms with van der Waals surface area (Å²) in [6, 6.07) is 5.04. The van der Waals surface area contributed by atoms with Crippen LogP contribution in [0, 0.1) is 0 Å². The van der Waals surface area contributed by atoms with E-state index in [9.17, 15) is 5.11 Å². The summed E-state index contributed by atoms with van der Waals surface area (Å²) in [5, 5.41) is 13.1. The van der Waals surface area contributed by atoms with Crippen molar-refractivity contribution in [3.8, 4) is 5.75 Å². The average molecular weight is 186 g/mol. The molecule has 66 valence electrons. The summed E-state index contributed by atoms with van der Waals surface area (Å²) in [7, 11) is 0. The fourth-order valence-electron chi connectivity index (χ4n) is 0.955. The Morgan fingerprint density at radius 2 is 2.25 bits per heavy atom. The summed E-state index contributed by atoms with van der Waals surface area (Å²) in [5.74, 6) is 0.292. The van der Waals surface area contributed by atoms with E-state index >= 15 is 0 Å². The lowest BCUT2D eigenvalue weighted by atomic mass is 10.2. The van der Waals surface area contributed by atoms with Crippen LogP contribution in [0.2, 0.25) is 5.02 Å². The smallest absolute Gasteiger partial charge is 0.120 e. The fraction of sp³-hybridized carbons (Fsp3) is 0.333. The molecule has 1 aromatic rings. The number of hydrogen-bond acceptors (Lipinski definition) is 2. The van der Waals surface area contributed by atoms with Crippen LogP contribution in [-0.4, -0.2) is 11.7 Å². The van der Waals surface area contributed by atoms with Crippen molar-refractivity contribution >= 4 is 11.6 Å². The molecule has 1 aromatic carbocycles. The van der Waals surface area contributed by atoms with Gasteiger partial charge in [-0.1, -0.05) is 18.5 Å². The van der Waals surface area contributed by atoms with Crippen molar-refractivity contribution in [2.45, 2.75) is 13.5 Å². The van der Waals surface area contributed by atoms with Gasteiger partial charge in [-0.25, -0.2) is 0 Å². The van der Waals surface area contributed by atoms with Gasteiger partial charge in [0.25, 0.3) is 0 Å². The summed E-state index contributed by atoms with van der Waals surface area (Å²) < 4.78 is 0. The van der Waals surface area contributed by atoms with Crippen LogP contribution < -0.4 is 5.32 Å². The highest BCUT2D eigenvalue weighted by Gasteiger charge is 1.99. The summed E-state index contributed by atoms with van der Waals surface area (Å²) in [4.78, 5) is 0. The van der Waals surface area contributed by atoms with E-state index < -0.39 is 0 Å². The molecule has 0 aliphatic heterocycles. The molecular formula is C9H12ClNO. The number of hydrogen-bond donors (Lipinski definition) is 2. The highest BCUT2D eigenvalue weighted by atomic mass is 35.5. The predicted molar refractivity (Wildman–Crippen MR) is 50.5 cm³/mol. The van der Waals surface area contributed by atoms with E-state index in [1.165, 1.54) is 0 Å². The Morgan fingerprint density at radius 3 is 2.92 bits per heavy atom. The lowest BCUT2D eigenvalue weighted by Crippen LogP contribution is -2.11. The second-order valence-corrected chi connectivity index (χ2v) is 2.99. The SMILES string of the molecule is CCNCc1cc(Cl)ccc1O. The Balaban J connectivity index is 2.75. The van der Waals surface area contributed by atoms with Gasteiger partial charge in [0.15, 0.2) is 0 Å². The van der Waals surface area contributed by atoms with Gasteiger partial charge in [0.05, 0.1) is 0 Å². The second kappa shape index (κ2) is 4.33. The molecule has 2 nitrogen and oxygen atoms in total. The molecule has 0 aliphatic carbocycles. The molecule has 0 spiro atoms. The average Bonchev–Trinajstić information content (AvgIpc) is 2.07. The number of benzene rings is 1. The lowest BCUT2D eigenvalue weighted by molar-refractivity contribution is 0.465. The van der Waals surface area contributed by atoms with Gasteiger partial charge in [-0.15, -0.1) is 0 Å². The molecule has 0 fully saturated rings. The Kier molecular flexibility index (Phi) is 3.38. The zero-order chi connectivity index (χ0) is 8.97. The summed E-state index contributed by atoms with van der Waals surface area (Å²) in [5.41, 5.74) is 0.837. The van der Waals surface area contributed by atoms with Gasteiger partial charge in [-0.3, -0.25) is 0 Å². The van der Waals surface area contributed by atoms with Crippen LogP contribution in [0.1, 0.15) is 12.5 Å². The fourth-order valence-corrected chi connectivity index (χ4v) is 1.15. The van der Waals surface area contributed by atoms with E-state index in [1.807, 2.05) is 6.92 Å². The number of nitrogens with one attached hydrogen (secondary N) is 1. The molecule has 2 N–H and O–H groups in total. The maximum absolute atomic E-state index is 9.36. The number of phenols is 1. The molecule has 0 atom stereocenters. The monoisotopic (exact) mass is 185 g/mol. The molecule has 0 saturated carbocycles. The molecule has 0 saturated heterocycles. The molecular weight excluding hydrogens is 174 g/mol. The maximum Gasteiger partial charge on any atom is 0.120 e. The summed E-state index contributed by atoms with van der Waals surface area (Å²) in [6.07, 6.45) is 0. The third-order valence-corrected chi connectivity index (χ3v) is 1.84. The van der Waals surface area contributed by atoms with E-state index in [4.69, 9.17) is 11.6 Å². The van der Waals surface area contributed by atoms with Crippen LogP contribution in [0.25, 0.3) is 0 Å². The predicted octanol–water partition coefficient (Wildman–Crippen LogP) is 2.16. The summed E-state index contributed by atoms with van der Waals surface area (Å²) in [6.45, 7) is 3.55. The number of halogens is 1. The topological polar surface area (TPSA) is 32.3 Å². The van der Waals surface area contributed by atoms with Crippen LogP contribution in [0.4, 0.5) is 0 Å². The van der Waals surface area contributed by atoms with Crippen molar-refractivity contribution in [2.75, 3.05) is 6.54 Å². The standard InChI is InChI=1S/C9H12ClNO/c1-2-11-6-7-5-8(10)3-4-9(7)12/h3-5,11-12H,2,6H2,1H3. The largest absolute Gasteiger partial charge is 0.508 e. The van der Waals surface area contributed by atoms with Crippen molar-refractivity contribution in [1.29, 1.82) is 0 Å². The molecule has 0 amide bonds. The van der Waals surface area contributed by atoms with E-state index in [1.54, 1.807) is 18.2 Å². The molecule has 0 bridgehead atoms. The van der Waals surface area contributed by atoms with Gasteiger partial charge < -0.3 is 10.4 Å². The Morgan fingerprint density at radius 1 is 1.50 bits per heavy atom. The Labute approximate surface area is 77.2 Å². The van der Waals surface area contributed by atoms with Crippen LogP contribution in [-0.2, 0) is 6.54 Å². The number of rotatable bonds is 3. The van der Waals surface area contributed by atoms with Gasteiger partial charge in [-0.2, -0.15) is 0 Å². The van der Waals surface area contributed by atoms with Gasteiger partial charge in [-0.05, 0) is 24.7 Å². The maximum atomic E-state index is 9.36. The van der Waals surface area contributed by atoms with Crippen molar-refractivity contribution in [2.24, 2.45) is 0 Å². The molecule has 0 heterocycles. The first-order valence-corrected chi connectivity index (χ1v) is 4.30. The minimum absolute atomic E-state index is 0.292. The molecule has 0 aromatic heterocycles. The third-order valence-electron chi connectivity index (χ3n) is 1.61. The van der Waals surface area contributed by atoms with Crippen LogP contribution >= 0.6 is 11.6 Å². The Hall–Kier alpha value is -0.730. The zero-order valence-corrected chi connectivity index (χ0v) is 7.73. The van der Waals surface area contributed by atoms with E-state index in [-0.39, 0.29) is 0 Å². The van der Waals surface area contributed by atoms with Crippen LogP contribution in [0.15, 0.2) is 18.2 Å².